The Hall–Kier alpha value is -2.83. The van der Waals surface area contributed by atoms with Gasteiger partial charge in [0.15, 0.2) is 5.60 Å². The van der Waals surface area contributed by atoms with Gasteiger partial charge in [-0.3, -0.25) is 24.0 Å². The molecule has 0 bridgehead atoms. The van der Waals surface area contributed by atoms with Crippen LogP contribution in [0.5, 0.6) is 0 Å². The molecule has 0 aliphatic carbocycles. The van der Waals surface area contributed by atoms with Crippen LogP contribution < -0.4 is 10.6 Å². The maximum Gasteiger partial charge on any atom is 0.551 e. The molecule has 1 aliphatic rings. The number of nitrogens with one attached hydrogen (secondary N) is 2. The van der Waals surface area contributed by atoms with Crippen LogP contribution in [0.2, 0.25) is 10.0 Å². The van der Waals surface area contributed by atoms with Gasteiger partial charge in [-0.25, -0.2) is 0 Å². The topological polar surface area (TPSA) is 168 Å². The van der Waals surface area contributed by atoms with Crippen LogP contribution in [-0.4, -0.2) is 65.1 Å². The van der Waals surface area contributed by atoms with E-state index in [1.807, 2.05) is 0 Å². The molecular formula is C17H17BCl2N2O9. The Morgan fingerprint density at radius 2 is 1.77 bits per heavy atom. The van der Waals surface area contributed by atoms with Gasteiger partial charge in [-0.15, -0.1) is 0 Å². The number of hydrogen-bond donors (Lipinski definition) is 4. The maximum absolute atomic E-state index is 12.2. The highest BCUT2D eigenvalue weighted by atomic mass is 35.5. The van der Waals surface area contributed by atoms with Gasteiger partial charge in [-0.1, -0.05) is 23.2 Å². The molecule has 11 nitrogen and oxygen atoms in total. The third-order valence-corrected chi connectivity index (χ3v) is 4.75. The van der Waals surface area contributed by atoms with Crippen LogP contribution in [0.15, 0.2) is 18.2 Å². The summed E-state index contributed by atoms with van der Waals surface area (Å²) in [5.41, 5.74) is -2.14. The number of hydrogen-bond acceptors (Lipinski definition) is 7. The fraction of sp³-hybridized carbons (Fsp3) is 0.353. The summed E-state index contributed by atoms with van der Waals surface area (Å²) in [7, 11) is -1.42. The second-order valence-electron chi connectivity index (χ2n) is 6.69. The van der Waals surface area contributed by atoms with Crippen molar-refractivity contribution in [3.63, 3.8) is 0 Å². The van der Waals surface area contributed by atoms with Crippen LogP contribution in [-0.2, 0) is 28.5 Å². The lowest BCUT2D eigenvalue weighted by molar-refractivity contribution is -0.157. The summed E-state index contributed by atoms with van der Waals surface area (Å²) in [5, 5.41) is 23.1. The Morgan fingerprint density at radius 1 is 1.16 bits per heavy atom. The fourth-order valence-corrected chi connectivity index (χ4v) is 3.17. The van der Waals surface area contributed by atoms with E-state index in [0.717, 1.165) is 0 Å². The Kier molecular flexibility index (Phi) is 7.88. The van der Waals surface area contributed by atoms with Gasteiger partial charge in [0.2, 0.25) is 5.91 Å². The molecule has 2 rings (SSSR count). The van der Waals surface area contributed by atoms with E-state index in [9.17, 15) is 24.0 Å². The highest BCUT2D eigenvalue weighted by molar-refractivity contribution is 6.51. The molecule has 1 heterocycles. The first-order valence-corrected chi connectivity index (χ1v) is 9.54. The molecule has 1 atom stereocenters. The molecule has 1 saturated heterocycles. The summed E-state index contributed by atoms with van der Waals surface area (Å²) in [4.78, 5) is 58.5. The van der Waals surface area contributed by atoms with Crippen LogP contribution in [0.1, 0.15) is 30.1 Å². The van der Waals surface area contributed by atoms with Gasteiger partial charge in [-0.2, -0.15) is 0 Å². The lowest BCUT2D eigenvalue weighted by Gasteiger charge is -2.22. The van der Waals surface area contributed by atoms with Crippen molar-refractivity contribution >= 4 is 60.0 Å². The summed E-state index contributed by atoms with van der Waals surface area (Å²) in [6.07, 6.45) is -1.85. The molecule has 0 unspecified atom stereocenters. The third kappa shape index (κ3) is 6.33. The first-order valence-electron chi connectivity index (χ1n) is 8.78. The van der Waals surface area contributed by atoms with Crippen molar-refractivity contribution in [2.75, 3.05) is 6.54 Å². The summed E-state index contributed by atoms with van der Waals surface area (Å²) < 4.78 is 10.2. The van der Waals surface area contributed by atoms with Crippen molar-refractivity contribution in [1.29, 1.82) is 0 Å². The number of aliphatic carboxylic acids is 2. The van der Waals surface area contributed by atoms with Gasteiger partial charge in [0, 0.05) is 5.02 Å². The highest BCUT2D eigenvalue weighted by Crippen LogP contribution is 2.31. The number of carboxylic acids is 2. The van der Waals surface area contributed by atoms with Crippen molar-refractivity contribution in [1.82, 2.24) is 10.6 Å². The van der Waals surface area contributed by atoms with Crippen LogP contribution in [0, 0.1) is 0 Å². The molecule has 14 heteroatoms. The lowest BCUT2D eigenvalue weighted by Crippen LogP contribution is -2.49. The minimum atomic E-state index is -2.21. The fourth-order valence-electron chi connectivity index (χ4n) is 2.79. The van der Waals surface area contributed by atoms with Crippen LogP contribution in [0.4, 0.5) is 0 Å². The van der Waals surface area contributed by atoms with E-state index in [4.69, 9.17) is 42.7 Å². The monoisotopic (exact) mass is 474 g/mol. The predicted octanol–water partition coefficient (Wildman–Crippen LogP) is 0.517. The Labute approximate surface area is 186 Å². The summed E-state index contributed by atoms with van der Waals surface area (Å²) in [6, 6.07) is 4.25. The zero-order valence-electron chi connectivity index (χ0n) is 16.0. The van der Waals surface area contributed by atoms with Crippen molar-refractivity contribution in [2.24, 2.45) is 0 Å². The maximum atomic E-state index is 12.2. The number of carbonyl (C=O) groups excluding carboxylic acids is 3. The summed E-state index contributed by atoms with van der Waals surface area (Å²) in [5.74, 6) is -6.40. The molecular weight excluding hydrogens is 458 g/mol. The Morgan fingerprint density at radius 3 is 2.35 bits per heavy atom. The number of carbonyl (C=O) groups is 5. The SMILES string of the molecule is C[C@H](NC(=O)CNC(=O)c1cc(Cl)ccc1Cl)B1OC(=O)C(CC(=O)O)(CC(=O)O)O1. The minimum absolute atomic E-state index is 0.0650. The predicted molar refractivity (Wildman–Crippen MR) is 107 cm³/mol. The average molecular weight is 475 g/mol. The van der Waals surface area contributed by atoms with Gasteiger partial charge in [-0.05, 0) is 25.1 Å². The van der Waals surface area contributed by atoms with E-state index in [2.05, 4.69) is 10.6 Å². The summed E-state index contributed by atoms with van der Waals surface area (Å²) in [6.45, 7) is 0.922. The third-order valence-electron chi connectivity index (χ3n) is 4.19. The molecule has 0 saturated carbocycles. The van der Waals surface area contributed by atoms with Crippen molar-refractivity contribution in [2.45, 2.75) is 31.3 Å². The molecule has 2 amide bonds. The average Bonchev–Trinajstić information content (AvgIpc) is 2.96. The Bertz CT molecular complexity index is 911. The second kappa shape index (κ2) is 9.99. The second-order valence-corrected chi connectivity index (χ2v) is 7.53. The van der Waals surface area contributed by atoms with Gasteiger partial charge >= 0.3 is 25.0 Å². The highest BCUT2D eigenvalue weighted by Gasteiger charge is 2.57. The van der Waals surface area contributed by atoms with Crippen LogP contribution in [0.3, 0.4) is 0 Å². The number of rotatable bonds is 9. The van der Waals surface area contributed by atoms with Crippen molar-refractivity contribution < 1.29 is 43.5 Å². The molecule has 1 aromatic rings. The largest absolute Gasteiger partial charge is 0.551 e. The zero-order valence-corrected chi connectivity index (χ0v) is 17.5. The molecule has 4 N–H and O–H groups in total. The number of amides is 2. The molecule has 0 spiro atoms. The lowest BCUT2D eigenvalue weighted by atomic mass is 9.79. The zero-order chi connectivity index (χ0) is 23.3. The molecule has 1 aliphatic heterocycles. The van der Waals surface area contributed by atoms with Crippen LogP contribution in [0.25, 0.3) is 0 Å². The quantitative estimate of drug-likeness (QED) is 0.372. The van der Waals surface area contributed by atoms with E-state index < -0.39 is 67.8 Å². The Balaban J connectivity index is 1.96. The van der Waals surface area contributed by atoms with Gasteiger partial charge < -0.3 is 30.2 Å². The van der Waals surface area contributed by atoms with Gasteiger partial charge in [0.25, 0.3) is 5.91 Å². The van der Waals surface area contributed by atoms with Crippen molar-refractivity contribution in [3.05, 3.63) is 33.8 Å². The summed E-state index contributed by atoms with van der Waals surface area (Å²) >= 11 is 11.7. The molecule has 166 valence electrons. The van der Waals surface area contributed by atoms with Gasteiger partial charge in [0.05, 0.1) is 35.9 Å². The smallest absolute Gasteiger partial charge is 0.506 e. The molecule has 1 fully saturated rings. The van der Waals surface area contributed by atoms with E-state index in [-0.39, 0.29) is 15.6 Å². The molecule has 0 radical (unpaired) electrons. The van der Waals surface area contributed by atoms with Crippen LogP contribution >= 0.6 is 23.2 Å². The van der Waals surface area contributed by atoms with E-state index in [1.165, 1.54) is 25.1 Å². The number of benzene rings is 1. The molecule has 0 aromatic heterocycles. The number of carboxylic acid groups (broad SMARTS) is 2. The number of halogens is 2. The van der Waals surface area contributed by atoms with E-state index in [0.29, 0.717) is 0 Å². The first kappa shape index (κ1) is 24.4. The first-order chi connectivity index (χ1) is 14.4. The molecule has 1 aromatic carbocycles. The van der Waals surface area contributed by atoms with Gasteiger partial charge in [0.1, 0.15) is 0 Å². The normalized spacial score (nSPS) is 15.7. The minimum Gasteiger partial charge on any atom is -0.506 e. The molecule has 31 heavy (non-hydrogen) atoms. The van der Waals surface area contributed by atoms with Crippen molar-refractivity contribution in [3.8, 4) is 0 Å². The van der Waals surface area contributed by atoms with E-state index in [1.54, 1.807) is 0 Å². The standard InChI is InChI=1S/C17H17BCl2N2O9/c1-8(18-30-16(29)17(31-18,5-13(24)25)6-14(26)27)22-12(23)7-21-15(28)10-4-9(19)2-3-11(10)20/h2-4,8H,5-7H2,1H3,(H,21,28)(H,22,23)(H,24,25)(H,26,27)/t8-/m0/s1. The van der Waals surface area contributed by atoms with E-state index >= 15 is 0 Å².